The molecule has 1 aliphatic rings. The van der Waals surface area contributed by atoms with Crippen LogP contribution in [0.4, 0.5) is 0 Å². The van der Waals surface area contributed by atoms with Gasteiger partial charge in [0.15, 0.2) is 0 Å². The van der Waals surface area contributed by atoms with Gasteiger partial charge >= 0.3 is 5.97 Å². The third kappa shape index (κ3) is 2.13. The monoisotopic (exact) mass is 253 g/mol. The minimum atomic E-state index is -0.960. The van der Waals surface area contributed by atoms with Gasteiger partial charge in [0.1, 0.15) is 6.04 Å². The number of hydrogen-bond donors (Lipinski definition) is 2. The summed E-state index contributed by atoms with van der Waals surface area (Å²) in [4.78, 5) is 10.8. The van der Waals surface area contributed by atoms with Gasteiger partial charge in [0, 0.05) is 0 Å². The predicted octanol–water partition coefficient (Wildman–Crippen LogP) is 2.36. The Kier molecular flexibility index (Phi) is 2.84. The fourth-order valence-electron chi connectivity index (χ4n) is 2.68. The molecule has 0 aromatic heterocycles. The number of carboxylic acid groups (broad SMARTS) is 1. The third-order valence-electron chi connectivity index (χ3n) is 3.56. The average Bonchev–Trinajstić information content (AvgIpc) is 2.39. The number of benzene rings is 2. The lowest BCUT2D eigenvalue weighted by Crippen LogP contribution is -2.32. The van der Waals surface area contributed by atoms with Crippen molar-refractivity contribution in [2.24, 2.45) is 5.73 Å². The zero-order valence-electron chi connectivity index (χ0n) is 10.5. The van der Waals surface area contributed by atoms with Crippen LogP contribution >= 0.6 is 0 Å². The largest absolute Gasteiger partial charge is 0.480 e. The van der Waals surface area contributed by atoms with Crippen molar-refractivity contribution in [2.75, 3.05) is 0 Å². The average molecular weight is 253 g/mol. The maximum Gasteiger partial charge on any atom is 0.320 e. The molecule has 2 aromatic carbocycles. The van der Waals surface area contributed by atoms with Crippen molar-refractivity contribution in [3.63, 3.8) is 0 Å². The van der Waals surface area contributed by atoms with Gasteiger partial charge in [-0.1, -0.05) is 42.5 Å². The Hall–Kier alpha value is -2.13. The molecule has 0 heterocycles. The Morgan fingerprint density at radius 2 is 2.21 bits per heavy atom. The normalized spacial score (nSPS) is 14.6. The summed E-state index contributed by atoms with van der Waals surface area (Å²) < 4.78 is 0. The molecule has 0 bridgehead atoms. The van der Waals surface area contributed by atoms with Gasteiger partial charge in [0.25, 0.3) is 0 Å². The highest BCUT2D eigenvalue weighted by Crippen LogP contribution is 2.30. The molecule has 0 saturated carbocycles. The maximum absolute atomic E-state index is 10.8. The first-order chi connectivity index (χ1) is 9.15. The van der Waals surface area contributed by atoms with Crippen molar-refractivity contribution in [2.45, 2.75) is 18.9 Å². The molecule has 3 heteroatoms. The number of nitrogens with two attached hydrogens (primary N) is 1. The van der Waals surface area contributed by atoms with Crippen molar-refractivity contribution >= 4 is 22.8 Å². The summed E-state index contributed by atoms with van der Waals surface area (Å²) in [5.41, 5.74) is 9.07. The molecule has 0 amide bonds. The summed E-state index contributed by atoms with van der Waals surface area (Å²) in [5, 5.41) is 11.3. The Balaban J connectivity index is 2.10. The zero-order valence-corrected chi connectivity index (χ0v) is 10.5. The number of hydrogen-bond acceptors (Lipinski definition) is 2. The fraction of sp³-hybridized carbons (Fsp3) is 0.188. The van der Waals surface area contributed by atoms with Gasteiger partial charge in [-0.3, -0.25) is 4.79 Å². The molecule has 0 saturated heterocycles. The summed E-state index contributed by atoms with van der Waals surface area (Å²) in [5.74, 6) is -0.960. The highest BCUT2D eigenvalue weighted by atomic mass is 16.4. The lowest BCUT2D eigenvalue weighted by molar-refractivity contribution is -0.138. The van der Waals surface area contributed by atoms with E-state index in [9.17, 15) is 4.79 Å². The van der Waals surface area contributed by atoms with Gasteiger partial charge in [0.2, 0.25) is 0 Å². The van der Waals surface area contributed by atoms with Crippen LogP contribution in [0.15, 0.2) is 36.4 Å². The van der Waals surface area contributed by atoms with E-state index in [1.165, 1.54) is 10.9 Å². The van der Waals surface area contributed by atoms with Gasteiger partial charge < -0.3 is 10.8 Å². The highest BCUT2D eigenvalue weighted by molar-refractivity contribution is 5.95. The molecule has 96 valence electrons. The fourth-order valence-corrected chi connectivity index (χ4v) is 2.68. The van der Waals surface area contributed by atoms with E-state index < -0.39 is 12.0 Å². The summed E-state index contributed by atoms with van der Waals surface area (Å²) in [6.07, 6.45) is 5.55. The second-order valence-corrected chi connectivity index (χ2v) is 4.96. The molecule has 19 heavy (non-hydrogen) atoms. The molecule has 3 nitrogen and oxygen atoms in total. The van der Waals surface area contributed by atoms with E-state index in [4.69, 9.17) is 10.8 Å². The Bertz CT molecular complexity index is 688. The molecule has 0 fully saturated rings. The molecule has 2 aromatic rings. The van der Waals surface area contributed by atoms with Crippen molar-refractivity contribution in [3.05, 3.63) is 53.1 Å². The highest BCUT2D eigenvalue weighted by Gasteiger charge is 2.15. The maximum atomic E-state index is 10.8. The first kappa shape index (κ1) is 11.9. The molecule has 1 atom stereocenters. The van der Waals surface area contributed by atoms with Gasteiger partial charge in [0.05, 0.1) is 0 Å². The number of carboxylic acids is 1. The molecule has 0 radical (unpaired) electrons. The molecule has 3 N–H and O–H groups in total. The van der Waals surface area contributed by atoms with Crippen LogP contribution in [0, 0.1) is 0 Å². The summed E-state index contributed by atoms with van der Waals surface area (Å²) in [7, 11) is 0. The van der Waals surface area contributed by atoms with E-state index in [1.807, 2.05) is 18.2 Å². The standard InChI is InChI=1S/C16H15NO2/c17-14(16(18)19)9-10-7-12-5-1-3-11-4-2-6-13(8-10)15(11)12/h1-3,5-8,14H,4,9,17H2,(H,18,19)/t14-/m0/s1. The second kappa shape index (κ2) is 4.52. The van der Waals surface area contributed by atoms with Gasteiger partial charge in [-0.2, -0.15) is 0 Å². The zero-order chi connectivity index (χ0) is 13.4. The van der Waals surface area contributed by atoms with E-state index in [0.717, 1.165) is 22.9 Å². The summed E-state index contributed by atoms with van der Waals surface area (Å²) in [6.45, 7) is 0. The van der Waals surface area contributed by atoms with Gasteiger partial charge in [-0.15, -0.1) is 0 Å². The van der Waals surface area contributed by atoms with Crippen LogP contribution in [0.1, 0.15) is 16.7 Å². The van der Waals surface area contributed by atoms with Crippen molar-refractivity contribution in [3.8, 4) is 0 Å². The van der Waals surface area contributed by atoms with E-state index in [1.54, 1.807) is 0 Å². The van der Waals surface area contributed by atoms with E-state index in [0.29, 0.717) is 6.42 Å². The lowest BCUT2D eigenvalue weighted by Gasteiger charge is -2.15. The molecule has 0 unspecified atom stereocenters. The summed E-state index contributed by atoms with van der Waals surface area (Å²) in [6, 6.07) is 9.49. The molecule has 0 aliphatic heterocycles. The number of rotatable bonds is 3. The van der Waals surface area contributed by atoms with Crippen molar-refractivity contribution in [1.82, 2.24) is 0 Å². The smallest absolute Gasteiger partial charge is 0.320 e. The first-order valence-corrected chi connectivity index (χ1v) is 6.34. The van der Waals surface area contributed by atoms with Crippen molar-refractivity contribution < 1.29 is 9.90 Å². The van der Waals surface area contributed by atoms with E-state index >= 15 is 0 Å². The van der Waals surface area contributed by atoms with Crippen LogP contribution in [0.25, 0.3) is 16.8 Å². The van der Waals surface area contributed by atoms with Crippen LogP contribution < -0.4 is 5.73 Å². The first-order valence-electron chi connectivity index (χ1n) is 6.34. The number of carbonyl (C=O) groups is 1. The van der Waals surface area contributed by atoms with Crippen molar-refractivity contribution in [1.29, 1.82) is 0 Å². The Labute approximate surface area is 111 Å². The third-order valence-corrected chi connectivity index (χ3v) is 3.56. The number of aliphatic carboxylic acids is 1. The van der Waals surface area contributed by atoms with Crippen LogP contribution in [-0.4, -0.2) is 17.1 Å². The topological polar surface area (TPSA) is 63.3 Å². The van der Waals surface area contributed by atoms with Gasteiger partial charge in [-0.05, 0) is 40.3 Å². The Morgan fingerprint density at radius 1 is 1.37 bits per heavy atom. The molecular weight excluding hydrogens is 238 g/mol. The second-order valence-electron chi connectivity index (χ2n) is 4.96. The molecule has 1 aliphatic carbocycles. The minimum absolute atomic E-state index is 0.357. The Morgan fingerprint density at radius 3 is 3.00 bits per heavy atom. The van der Waals surface area contributed by atoms with Gasteiger partial charge in [-0.25, -0.2) is 0 Å². The van der Waals surface area contributed by atoms with Crippen LogP contribution in [0.5, 0.6) is 0 Å². The SMILES string of the molecule is N[C@@H](Cc1cc2c3c(cccc3c1)CC=C2)C(=O)O. The van der Waals surface area contributed by atoms with E-state index in [-0.39, 0.29) is 0 Å². The lowest BCUT2D eigenvalue weighted by atomic mass is 9.90. The van der Waals surface area contributed by atoms with Crippen LogP contribution in [-0.2, 0) is 17.6 Å². The summed E-state index contributed by atoms with van der Waals surface area (Å²) >= 11 is 0. The molecule has 0 spiro atoms. The molecular formula is C16H15NO2. The quantitative estimate of drug-likeness (QED) is 0.882. The predicted molar refractivity (Wildman–Crippen MR) is 76.0 cm³/mol. The van der Waals surface area contributed by atoms with Crippen LogP contribution in [0.2, 0.25) is 0 Å². The number of allylic oxidation sites excluding steroid dienone is 1. The molecule has 3 rings (SSSR count). The van der Waals surface area contributed by atoms with E-state index in [2.05, 4.69) is 24.3 Å². The minimum Gasteiger partial charge on any atom is -0.480 e. The van der Waals surface area contributed by atoms with Crippen LogP contribution in [0.3, 0.4) is 0 Å².